The first-order valence-electron chi connectivity index (χ1n) is 6.84. The van der Waals surface area contributed by atoms with Gasteiger partial charge in [-0.1, -0.05) is 38.1 Å². The molecule has 0 spiro atoms. The minimum absolute atomic E-state index is 0.308. The van der Waals surface area contributed by atoms with Gasteiger partial charge in [0.25, 0.3) is 0 Å². The van der Waals surface area contributed by atoms with Crippen LogP contribution in [0.25, 0.3) is 21.8 Å². The van der Waals surface area contributed by atoms with Crippen molar-refractivity contribution in [3.05, 3.63) is 36.2 Å². The zero-order valence-electron chi connectivity index (χ0n) is 11.3. The molecule has 98 valence electrons. The zero-order chi connectivity index (χ0) is 13.4. The molecule has 0 radical (unpaired) electrons. The van der Waals surface area contributed by atoms with E-state index in [0.717, 1.165) is 40.5 Å². The van der Waals surface area contributed by atoms with Crippen LogP contribution in [0.4, 0.5) is 0 Å². The predicted molar refractivity (Wildman–Crippen MR) is 78.6 cm³/mol. The number of benzene rings is 2. The lowest BCUT2D eigenvalue weighted by Crippen LogP contribution is -1.97. The second kappa shape index (κ2) is 4.57. The number of rotatable bonds is 3. The minimum atomic E-state index is 0.308. The zero-order valence-corrected chi connectivity index (χ0v) is 11.3. The van der Waals surface area contributed by atoms with Crippen LogP contribution in [0.15, 0.2) is 30.3 Å². The number of aromatic amines is 1. The Morgan fingerprint density at radius 1 is 1.16 bits per heavy atom. The lowest BCUT2D eigenvalue weighted by Gasteiger charge is -2.07. The monoisotopic (exact) mass is 254 g/mol. The van der Waals surface area contributed by atoms with E-state index in [9.17, 15) is 5.11 Å². The fourth-order valence-electron chi connectivity index (χ4n) is 2.71. The van der Waals surface area contributed by atoms with Crippen LogP contribution in [0.3, 0.4) is 0 Å². The summed E-state index contributed by atoms with van der Waals surface area (Å²) in [5.41, 5.74) is 1.87. The molecule has 0 unspecified atom stereocenters. The molecule has 0 saturated carbocycles. The van der Waals surface area contributed by atoms with E-state index in [1.54, 1.807) is 6.07 Å². The number of H-pyrrole nitrogens is 1. The number of hydrogen-bond donors (Lipinski definition) is 2. The van der Waals surface area contributed by atoms with Crippen LogP contribution in [-0.2, 0) is 0 Å². The van der Waals surface area contributed by atoms with E-state index in [1.165, 1.54) is 0 Å². The first-order chi connectivity index (χ1) is 9.24. The third-order valence-corrected chi connectivity index (χ3v) is 3.86. The highest BCUT2D eigenvalue weighted by atomic mass is 16.3. The molecule has 0 aliphatic rings. The molecule has 0 atom stereocenters. The quantitative estimate of drug-likeness (QED) is 0.731. The average molecular weight is 254 g/mol. The largest absolute Gasteiger partial charge is 0.507 e. The van der Waals surface area contributed by atoms with Gasteiger partial charge in [-0.3, -0.25) is 0 Å². The Balaban J connectivity index is 2.30. The van der Waals surface area contributed by atoms with Crippen LogP contribution in [-0.4, -0.2) is 15.1 Å². The van der Waals surface area contributed by atoms with Gasteiger partial charge < -0.3 is 10.1 Å². The van der Waals surface area contributed by atoms with Crippen molar-refractivity contribution in [1.82, 2.24) is 9.97 Å². The number of phenols is 1. The van der Waals surface area contributed by atoms with Crippen LogP contribution >= 0.6 is 0 Å². The Morgan fingerprint density at radius 2 is 1.84 bits per heavy atom. The summed E-state index contributed by atoms with van der Waals surface area (Å²) in [6, 6.07) is 9.62. The Morgan fingerprint density at radius 3 is 2.53 bits per heavy atom. The molecule has 3 nitrogen and oxygen atoms in total. The normalized spacial score (nSPS) is 11.7. The number of nitrogens with zero attached hydrogens (tertiary/aromatic N) is 1. The summed E-state index contributed by atoms with van der Waals surface area (Å²) in [7, 11) is 0. The van der Waals surface area contributed by atoms with Crippen molar-refractivity contribution in [2.24, 2.45) is 0 Å². The molecule has 0 aliphatic heterocycles. The average Bonchev–Trinajstić information content (AvgIpc) is 2.84. The van der Waals surface area contributed by atoms with Gasteiger partial charge in [-0.15, -0.1) is 0 Å². The van der Waals surface area contributed by atoms with Crippen molar-refractivity contribution < 1.29 is 5.11 Å². The van der Waals surface area contributed by atoms with E-state index in [2.05, 4.69) is 18.8 Å². The minimum Gasteiger partial charge on any atom is -0.507 e. The highest BCUT2D eigenvalue weighted by Gasteiger charge is 2.14. The van der Waals surface area contributed by atoms with Crippen molar-refractivity contribution in [3.63, 3.8) is 0 Å². The molecule has 0 saturated heterocycles. The molecule has 2 aromatic carbocycles. The highest BCUT2D eigenvalue weighted by Crippen LogP contribution is 2.33. The first kappa shape index (κ1) is 12.0. The van der Waals surface area contributed by atoms with E-state index in [4.69, 9.17) is 4.98 Å². The van der Waals surface area contributed by atoms with Crippen molar-refractivity contribution in [2.45, 2.75) is 32.6 Å². The van der Waals surface area contributed by atoms with Crippen molar-refractivity contribution >= 4 is 21.8 Å². The number of imidazole rings is 1. The lowest BCUT2D eigenvalue weighted by molar-refractivity contribution is 0.482. The summed E-state index contributed by atoms with van der Waals surface area (Å²) < 4.78 is 0. The third kappa shape index (κ3) is 1.86. The van der Waals surface area contributed by atoms with Gasteiger partial charge >= 0.3 is 0 Å². The smallest absolute Gasteiger partial charge is 0.125 e. The summed E-state index contributed by atoms with van der Waals surface area (Å²) in [5.74, 6) is 1.78. The number of fused-ring (bicyclic) bond motifs is 3. The van der Waals surface area contributed by atoms with E-state index >= 15 is 0 Å². The van der Waals surface area contributed by atoms with Gasteiger partial charge in [0.05, 0.1) is 11.0 Å². The maximum atomic E-state index is 10.1. The Kier molecular flexibility index (Phi) is 2.90. The van der Waals surface area contributed by atoms with Crippen molar-refractivity contribution in [1.29, 1.82) is 0 Å². The number of nitrogens with one attached hydrogen (secondary N) is 1. The second-order valence-electron chi connectivity index (χ2n) is 4.97. The van der Waals surface area contributed by atoms with Gasteiger partial charge in [-0.2, -0.15) is 0 Å². The van der Waals surface area contributed by atoms with Gasteiger partial charge in [0.1, 0.15) is 11.6 Å². The maximum Gasteiger partial charge on any atom is 0.125 e. The molecule has 2 N–H and O–H groups in total. The highest BCUT2D eigenvalue weighted by molar-refractivity contribution is 6.07. The molecular weight excluding hydrogens is 236 g/mol. The van der Waals surface area contributed by atoms with E-state index in [1.807, 2.05) is 24.3 Å². The van der Waals surface area contributed by atoms with Crippen LogP contribution in [0, 0.1) is 0 Å². The molecule has 0 fully saturated rings. The summed E-state index contributed by atoms with van der Waals surface area (Å²) in [6.07, 6.45) is 2.14. The van der Waals surface area contributed by atoms with Gasteiger partial charge in [0, 0.05) is 22.8 Å². The molecule has 0 bridgehead atoms. The Hall–Kier alpha value is -2.03. The fourth-order valence-corrected chi connectivity index (χ4v) is 2.71. The standard InChI is InChI=1S/C16H18N2O/c1-3-10(4-2)16-17-13-9-14(19)11-7-5-6-8-12(11)15(13)18-16/h5-10,19H,3-4H2,1-2H3,(H,17,18). The number of hydrogen-bond acceptors (Lipinski definition) is 2. The molecule has 3 rings (SSSR count). The van der Waals surface area contributed by atoms with Crippen molar-refractivity contribution in [3.8, 4) is 5.75 Å². The summed E-state index contributed by atoms with van der Waals surface area (Å²) in [4.78, 5) is 8.12. The topological polar surface area (TPSA) is 48.9 Å². The van der Waals surface area contributed by atoms with Gasteiger partial charge in [-0.05, 0) is 12.8 Å². The molecule has 1 aromatic heterocycles. The summed E-state index contributed by atoms with van der Waals surface area (Å²) in [6.45, 7) is 4.36. The third-order valence-electron chi connectivity index (χ3n) is 3.86. The van der Waals surface area contributed by atoms with E-state index in [-0.39, 0.29) is 0 Å². The summed E-state index contributed by atoms with van der Waals surface area (Å²) >= 11 is 0. The van der Waals surface area contributed by atoms with Crippen LogP contribution in [0.1, 0.15) is 38.4 Å². The Labute approximate surface area is 112 Å². The molecule has 19 heavy (non-hydrogen) atoms. The van der Waals surface area contributed by atoms with Gasteiger partial charge in [0.15, 0.2) is 0 Å². The van der Waals surface area contributed by atoms with Crippen LogP contribution < -0.4 is 0 Å². The molecular formula is C16H18N2O. The van der Waals surface area contributed by atoms with Crippen LogP contribution in [0.2, 0.25) is 0 Å². The van der Waals surface area contributed by atoms with E-state index in [0.29, 0.717) is 11.7 Å². The molecule has 3 aromatic rings. The predicted octanol–water partition coefficient (Wildman–Crippen LogP) is 4.33. The number of phenolic OH excluding ortho intramolecular Hbond substituents is 1. The SMILES string of the molecule is CCC(CC)c1nc2c(cc(O)c3ccccc32)[nH]1. The van der Waals surface area contributed by atoms with Gasteiger partial charge in [-0.25, -0.2) is 4.98 Å². The first-order valence-corrected chi connectivity index (χ1v) is 6.84. The molecule has 0 aliphatic carbocycles. The molecule has 3 heteroatoms. The van der Waals surface area contributed by atoms with Crippen LogP contribution in [0.5, 0.6) is 5.75 Å². The number of aromatic nitrogens is 2. The van der Waals surface area contributed by atoms with Crippen molar-refractivity contribution in [2.75, 3.05) is 0 Å². The van der Waals surface area contributed by atoms with E-state index < -0.39 is 0 Å². The molecule has 1 heterocycles. The maximum absolute atomic E-state index is 10.1. The Bertz CT molecular complexity index is 726. The second-order valence-corrected chi connectivity index (χ2v) is 4.97. The number of aromatic hydroxyl groups is 1. The fraction of sp³-hybridized carbons (Fsp3) is 0.312. The summed E-state index contributed by atoms with van der Waals surface area (Å²) in [5, 5.41) is 11.9. The lowest BCUT2D eigenvalue weighted by atomic mass is 10.0. The van der Waals surface area contributed by atoms with Gasteiger partial charge in [0.2, 0.25) is 0 Å². The molecule has 0 amide bonds.